The van der Waals surface area contributed by atoms with Crippen LogP contribution in [0.2, 0.25) is 0 Å². The molecule has 0 bridgehead atoms. The first-order valence-electron chi connectivity index (χ1n) is 8.26. The number of hydrogen-bond acceptors (Lipinski definition) is 5. The molecular weight excluding hydrogens is 340 g/mol. The molecule has 1 aromatic heterocycles. The smallest absolute Gasteiger partial charge is 0.289 e. The maximum absolute atomic E-state index is 12.8. The molecule has 6 nitrogen and oxygen atoms in total. The van der Waals surface area contributed by atoms with Gasteiger partial charge in [-0.05, 0) is 32.0 Å². The number of nitrogens with zero attached hydrogens (tertiary/aromatic N) is 1. The number of sulfone groups is 1. The van der Waals surface area contributed by atoms with E-state index in [1.54, 1.807) is 41.3 Å². The van der Waals surface area contributed by atoms with Gasteiger partial charge in [-0.3, -0.25) is 4.79 Å². The van der Waals surface area contributed by atoms with Crippen LogP contribution in [0.3, 0.4) is 0 Å². The van der Waals surface area contributed by atoms with Crippen LogP contribution < -0.4 is 5.32 Å². The molecule has 1 aliphatic heterocycles. The second kappa shape index (κ2) is 7.01. The summed E-state index contributed by atoms with van der Waals surface area (Å²) in [7, 11) is -3.53. The summed E-state index contributed by atoms with van der Waals surface area (Å²) >= 11 is 0. The summed E-state index contributed by atoms with van der Waals surface area (Å²) in [6, 6.07) is 10.1. The number of carbonyl (C=O) groups excluding carboxylic acids is 1. The van der Waals surface area contributed by atoms with Gasteiger partial charge in [0, 0.05) is 30.7 Å². The number of hydrogen-bond donors (Lipinski definition) is 1. The summed E-state index contributed by atoms with van der Waals surface area (Å²) in [6.07, 6.45) is 1.37. The number of rotatable bonds is 4. The van der Waals surface area contributed by atoms with Gasteiger partial charge in [-0.25, -0.2) is 8.42 Å². The van der Waals surface area contributed by atoms with Crippen molar-refractivity contribution in [2.75, 3.05) is 13.1 Å². The zero-order chi connectivity index (χ0) is 18.0. The highest BCUT2D eigenvalue weighted by Crippen LogP contribution is 2.22. The lowest BCUT2D eigenvalue weighted by Crippen LogP contribution is -2.55. The van der Waals surface area contributed by atoms with Gasteiger partial charge in [0.25, 0.3) is 5.91 Å². The van der Waals surface area contributed by atoms with Crippen molar-refractivity contribution in [3.8, 4) is 0 Å². The molecule has 1 saturated heterocycles. The Morgan fingerprint density at radius 2 is 1.80 bits per heavy atom. The van der Waals surface area contributed by atoms with Crippen LogP contribution in [0, 0.1) is 0 Å². The van der Waals surface area contributed by atoms with Crippen LogP contribution in [0.25, 0.3) is 0 Å². The number of amides is 1. The summed E-state index contributed by atoms with van der Waals surface area (Å²) in [4.78, 5) is 14.8. The van der Waals surface area contributed by atoms with E-state index < -0.39 is 9.84 Å². The minimum absolute atomic E-state index is 0.112. The molecule has 25 heavy (non-hydrogen) atoms. The predicted octanol–water partition coefficient (Wildman–Crippen LogP) is 2.08. The lowest BCUT2D eigenvalue weighted by Gasteiger charge is -2.35. The fraction of sp³-hybridized carbons (Fsp3) is 0.389. The fourth-order valence-electron chi connectivity index (χ4n) is 3.19. The van der Waals surface area contributed by atoms with Crippen molar-refractivity contribution < 1.29 is 17.6 Å². The number of furan rings is 1. The van der Waals surface area contributed by atoms with E-state index in [9.17, 15) is 13.2 Å². The van der Waals surface area contributed by atoms with Crippen molar-refractivity contribution in [2.45, 2.75) is 36.6 Å². The van der Waals surface area contributed by atoms with E-state index in [4.69, 9.17) is 4.42 Å². The average molecular weight is 362 g/mol. The monoisotopic (exact) mass is 362 g/mol. The van der Waals surface area contributed by atoms with E-state index in [1.807, 2.05) is 13.8 Å². The SMILES string of the molecule is CC1CN(C(=O)c2occc2CS(=O)(=O)c2ccccc2)CC(C)N1. The van der Waals surface area contributed by atoms with E-state index in [0.717, 1.165) is 0 Å². The van der Waals surface area contributed by atoms with Gasteiger partial charge >= 0.3 is 0 Å². The van der Waals surface area contributed by atoms with Crippen LogP contribution in [0.15, 0.2) is 52.0 Å². The van der Waals surface area contributed by atoms with Gasteiger partial charge in [0.2, 0.25) is 0 Å². The van der Waals surface area contributed by atoms with Crippen LogP contribution in [0.5, 0.6) is 0 Å². The van der Waals surface area contributed by atoms with E-state index in [-0.39, 0.29) is 34.4 Å². The second-order valence-electron chi connectivity index (χ2n) is 6.53. The molecule has 0 spiro atoms. The molecule has 7 heteroatoms. The maximum atomic E-state index is 12.8. The third kappa shape index (κ3) is 3.93. The third-order valence-electron chi connectivity index (χ3n) is 4.23. The second-order valence-corrected chi connectivity index (χ2v) is 8.52. The van der Waals surface area contributed by atoms with Gasteiger partial charge in [-0.2, -0.15) is 0 Å². The predicted molar refractivity (Wildman–Crippen MR) is 94.0 cm³/mol. The van der Waals surface area contributed by atoms with Gasteiger partial charge in [0.15, 0.2) is 15.6 Å². The lowest BCUT2D eigenvalue weighted by atomic mass is 10.1. The molecule has 1 fully saturated rings. The molecule has 2 heterocycles. The highest BCUT2D eigenvalue weighted by molar-refractivity contribution is 7.90. The number of carbonyl (C=O) groups is 1. The van der Waals surface area contributed by atoms with Gasteiger partial charge in [-0.1, -0.05) is 18.2 Å². The van der Waals surface area contributed by atoms with Gasteiger partial charge in [0.05, 0.1) is 16.9 Å². The van der Waals surface area contributed by atoms with Crippen molar-refractivity contribution in [2.24, 2.45) is 0 Å². The quantitative estimate of drug-likeness (QED) is 0.901. The highest BCUT2D eigenvalue weighted by Gasteiger charge is 2.30. The van der Waals surface area contributed by atoms with Crippen molar-refractivity contribution in [3.63, 3.8) is 0 Å². The van der Waals surface area contributed by atoms with E-state index in [1.165, 1.54) is 6.26 Å². The van der Waals surface area contributed by atoms with Gasteiger partial charge in [0.1, 0.15) is 0 Å². The van der Waals surface area contributed by atoms with Gasteiger partial charge < -0.3 is 14.6 Å². The van der Waals surface area contributed by atoms with Crippen molar-refractivity contribution in [1.82, 2.24) is 10.2 Å². The first-order chi connectivity index (χ1) is 11.9. The lowest BCUT2D eigenvalue weighted by molar-refractivity contribution is 0.0640. The molecule has 3 rings (SSSR count). The topological polar surface area (TPSA) is 79.6 Å². The molecule has 2 aromatic rings. The summed E-state index contributed by atoms with van der Waals surface area (Å²) in [5.41, 5.74) is 0.396. The Labute approximate surface area is 147 Å². The molecule has 2 atom stereocenters. The number of piperazine rings is 1. The minimum Gasteiger partial charge on any atom is -0.459 e. The van der Waals surface area contributed by atoms with Gasteiger partial charge in [-0.15, -0.1) is 0 Å². The molecule has 1 aliphatic rings. The molecule has 0 radical (unpaired) electrons. The van der Waals surface area contributed by atoms with Crippen molar-refractivity contribution >= 4 is 15.7 Å². The first-order valence-corrected chi connectivity index (χ1v) is 9.91. The third-order valence-corrected chi connectivity index (χ3v) is 5.92. The Balaban J connectivity index is 1.82. The van der Waals surface area contributed by atoms with E-state index in [0.29, 0.717) is 18.7 Å². The van der Waals surface area contributed by atoms with Crippen LogP contribution in [-0.2, 0) is 15.6 Å². The first kappa shape index (κ1) is 17.7. The Bertz CT molecular complexity index is 835. The molecule has 2 unspecified atom stereocenters. The maximum Gasteiger partial charge on any atom is 0.289 e. The molecular formula is C18H22N2O4S. The standard InChI is InChI=1S/C18H22N2O4S/c1-13-10-20(11-14(2)19-13)18(21)17-15(8-9-24-17)12-25(22,23)16-6-4-3-5-7-16/h3-9,13-14,19H,10-12H2,1-2H3. The normalized spacial score (nSPS) is 21.3. The zero-order valence-corrected chi connectivity index (χ0v) is 15.1. The van der Waals surface area contributed by atoms with E-state index >= 15 is 0 Å². The largest absolute Gasteiger partial charge is 0.459 e. The zero-order valence-electron chi connectivity index (χ0n) is 14.3. The van der Waals surface area contributed by atoms with Crippen LogP contribution in [0.4, 0.5) is 0 Å². The molecule has 0 saturated carbocycles. The van der Waals surface area contributed by atoms with Crippen molar-refractivity contribution in [1.29, 1.82) is 0 Å². The minimum atomic E-state index is -3.53. The molecule has 1 N–H and O–H groups in total. The number of benzene rings is 1. The van der Waals surface area contributed by atoms with Crippen LogP contribution in [-0.4, -0.2) is 44.4 Å². The summed E-state index contributed by atoms with van der Waals surface area (Å²) in [5.74, 6) is -0.407. The summed E-state index contributed by atoms with van der Waals surface area (Å²) in [6.45, 7) is 5.15. The molecule has 1 amide bonds. The Hall–Kier alpha value is -2.12. The van der Waals surface area contributed by atoms with Crippen LogP contribution in [0.1, 0.15) is 30.0 Å². The highest BCUT2D eigenvalue weighted by atomic mass is 32.2. The van der Waals surface area contributed by atoms with Crippen molar-refractivity contribution in [3.05, 3.63) is 54.0 Å². The Morgan fingerprint density at radius 1 is 1.16 bits per heavy atom. The fourth-order valence-corrected chi connectivity index (χ4v) is 4.56. The Morgan fingerprint density at radius 3 is 2.44 bits per heavy atom. The molecule has 0 aliphatic carbocycles. The summed E-state index contributed by atoms with van der Waals surface area (Å²) < 4.78 is 30.5. The van der Waals surface area contributed by atoms with Crippen LogP contribution >= 0.6 is 0 Å². The Kier molecular flexibility index (Phi) is 4.96. The number of nitrogens with one attached hydrogen (secondary N) is 1. The average Bonchev–Trinajstić information content (AvgIpc) is 3.01. The summed E-state index contributed by atoms with van der Waals surface area (Å²) in [5, 5.41) is 3.36. The molecule has 134 valence electrons. The van der Waals surface area contributed by atoms with E-state index in [2.05, 4.69) is 5.32 Å². The molecule has 1 aromatic carbocycles.